The largest absolute Gasteiger partial charge is 0.462 e. The van der Waals surface area contributed by atoms with Gasteiger partial charge in [-0.1, -0.05) is 43.0 Å². The fourth-order valence-electron chi connectivity index (χ4n) is 4.38. The number of hydrogen-bond acceptors (Lipinski definition) is 9. The highest BCUT2D eigenvalue weighted by Gasteiger charge is 2.66. The van der Waals surface area contributed by atoms with Crippen LogP contribution in [0.4, 0.5) is 8.78 Å². The van der Waals surface area contributed by atoms with E-state index in [0.717, 1.165) is 23.4 Å². The molecule has 228 valence electrons. The van der Waals surface area contributed by atoms with Gasteiger partial charge in [-0.25, -0.2) is 13.3 Å². The first-order valence-corrected chi connectivity index (χ1v) is 15.2. The summed E-state index contributed by atoms with van der Waals surface area (Å²) in [7, 11) is -4.66. The average Bonchev–Trinajstić information content (AvgIpc) is 3.09. The second-order valence-corrected chi connectivity index (χ2v) is 12.8. The fourth-order valence-corrected chi connectivity index (χ4v) is 6.22. The van der Waals surface area contributed by atoms with E-state index in [1.165, 1.54) is 13.0 Å². The number of esters is 1. The summed E-state index contributed by atoms with van der Waals surface area (Å²) in [6, 6.07) is 10.7. The Morgan fingerprint density at radius 3 is 2.62 bits per heavy atom. The summed E-state index contributed by atoms with van der Waals surface area (Å²) < 4.78 is 67.7. The van der Waals surface area contributed by atoms with Crippen LogP contribution in [0.2, 0.25) is 0 Å². The van der Waals surface area contributed by atoms with Gasteiger partial charge in [-0.3, -0.25) is 14.1 Å². The van der Waals surface area contributed by atoms with Crippen LogP contribution in [0.15, 0.2) is 65.5 Å². The molecule has 2 heterocycles. The smallest absolute Gasteiger partial charge is 0.459 e. The lowest BCUT2D eigenvalue weighted by atomic mass is 9.96. The summed E-state index contributed by atoms with van der Waals surface area (Å²) in [6.45, 7) is 7.81. The second kappa shape index (κ2) is 12.0. The number of hydrogen-bond donors (Lipinski definition) is 3. The van der Waals surface area contributed by atoms with E-state index in [9.17, 15) is 19.3 Å². The van der Waals surface area contributed by atoms with Crippen molar-refractivity contribution in [3.8, 4) is 5.75 Å². The maximum Gasteiger partial charge on any atom is 0.459 e. The van der Waals surface area contributed by atoms with E-state index < -0.39 is 62.2 Å². The van der Waals surface area contributed by atoms with Crippen molar-refractivity contribution in [2.75, 3.05) is 6.61 Å². The molecule has 4 rings (SSSR count). The Balaban J connectivity index is 1.62. The molecule has 0 radical (unpaired) electrons. The molecule has 1 amide bonds. The number of alkyl halides is 2. The van der Waals surface area contributed by atoms with Crippen molar-refractivity contribution >= 4 is 46.3 Å². The summed E-state index contributed by atoms with van der Waals surface area (Å²) in [4.78, 5) is 25.4. The fraction of sp³-hybridized carbons (Fsp3) is 0.407. The van der Waals surface area contributed by atoms with Gasteiger partial charge in [0.15, 0.2) is 18.0 Å². The van der Waals surface area contributed by atoms with Crippen LogP contribution >= 0.6 is 23.7 Å². The molecule has 2 aromatic carbocycles. The summed E-state index contributed by atoms with van der Waals surface area (Å²) in [6.07, 6.45) is -3.64. The number of ether oxygens (including phenoxy) is 2. The van der Waals surface area contributed by atoms with E-state index in [2.05, 4.69) is 32.9 Å². The number of fused-ring (bicyclic) bond motifs is 1. The highest BCUT2D eigenvalue weighted by atomic mass is 79.9. The Morgan fingerprint density at radius 2 is 1.93 bits per heavy atom. The summed E-state index contributed by atoms with van der Waals surface area (Å²) in [5.41, 5.74) is -2.78. The van der Waals surface area contributed by atoms with E-state index in [1.807, 2.05) is 0 Å². The highest BCUT2D eigenvalue weighted by molar-refractivity contribution is 9.12. The van der Waals surface area contributed by atoms with E-state index in [0.29, 0.717) is 5.39 Å². The minimum Gasteiger partial charge on any atom is -0.462 e. The normalized spacial score (nSPS) is 28.3. The molecule has 1 saturated heterocycles. The van der Waals surface area contributed by atoms with Crippen molar-refractivity contribution in [1.82, 2.24) is 15.3 Å². The van der Waals surface area contributed by atoms with Crippen LogP contribution in [0.1, 0.15) is 27.7 Å². The van der Waals surface area contributed by atoms with Crippen molar-refractivity contribution in [2.24, 2.45) is 0 Å². The molecular weight excluding hydrogens is 643 g/mol. The third kappa shape index (κ3) is 6.53. The molecule has 2 aliphatic heterocycles. The average molecular weight is 674 g/mol. The van der Waals surface area contributed by atoms with Crippen LogP contribution in [0.5, 0.6) is 5.75 Å². The maximum atomic E-state index is 16.2. The molecule has 0 aliphatic carbocycles. The van der Waals surface area contributed by atoms with E-state index in [-0.39, 0.29) is 16.1 Å². The standard InChI is InChI=1S/C27H31BrF2N3O8P/c1-15(2)39-23(35)16(3)32-42(37,41-21-12-8-10-18-9-6-7-11-19(18)21)38-14-27(30)24(36)26(5,29)25(40-27)33-13-20(28)22(34)31-17(33)4/h6-13,15-16,24-25,36H,4,14H2,1-3,5H3,(H,31,34)(H,32,37)/t16?,24-,25-,26+,27+,42?/m0/s1. The van der Waals surface area contributed by atoms with Crippen molar-refractivity contribution < 1.29 is 46.6 Å². The van der Waals surface area contributed by atoms with Gasteiger partial charge in [-0.15, -0.1) is 0 Å². The van der Waals surface area contributed by atoms with Crippen LogP contribution in [0.3, 0.4) is 0 Å². The number of nitrogens with zero attached hydrogens (tertiary/aromatic N) is 1. The molecule has 0 bridgehead atoms. The number of aliphatic hydroxyl groups excluding tert-OH is 1. The van der Waals surface area contributed by atoms with Crippen molar-refractivity contribution in [2.45, 2.75) is 63.7 Å². The number of nitrogens with one attached hydrogen (secondary N) is 2. The molecule has 2 aliphatic rings. The van der Waals surface area contributed by atoms with Gasteiger partial charge in [0, 0.05) is 11.6 Å². The topological polar surface area (TPSA) is 136 Å². The molecule has 15 heteroatoms. The predicted octanol–water partition coefficient (Wildman–Crippen LogP) is 4.52. The zero-order valence-electron chi connectivity index (χ0n) is 23.2. The summed E-state index contributed by atoms with van der Waals surface area (Å²) in [5, 5.41) is 16.8. The molecule has 11 nitrogen and oxygen atoms in total. The number of carbonyl (C=O) groups excluding carboxylic acids is 2. The Bertz CT molecular complexity index is 1470. The number of aliphatic hydroxyl groups is 1. The van der Waals surface area contributed by atoms with E-state index in [1.54, 1.807) is 50.2 Å². The molecule has 0 spiro atoms. The number of rotatable bonds is 10. The van der Waals surface area contributed by atoms with Gasteiger partial charge in [-0.2, -0.15) is 5.09 Å². The lowest BCUT2D eigenvalue weighted by Crippen LogP contribution is -2.52. The Kier molecular flexibility index (Phi) is 9.17. The minimum absolute atomic E-state index is 0.0316. The molecule has 2 unspecified atom stereocenters. The lowest BCUT2D eigenvalue weighted by Gasteiger charge is -2.36. The van der Waals surface area contributed by atoms with Gasteiger partial charge in [0.2, 0.25) is 0 Å². The van der Waals surface area contributed by atoms with Gasteiger partial charge >= 0.3 is 13.7 Å². The van der Waals surface area contributed by atoms with Crippen LogP contribution in [0.25, 0.3) is 10.8 Å². The number of halogens is 3. The van der Waals surface area contributed by atoms with Gasteiger partial charge in [0.1, 0.15) is 24.2 Å². The Labute approximate surface area is 249 Å². The van der Waals surface area contributed by atoms with Crippen LogP contribution < -0.4 is 14.9 Å². The van der Waals surface area contributed by atoms with Crippen molar-refractivity contribution in [3.63, 3.8) is 0 Å². The van der Waals surface area contributed by atoms with Crippen molar-refractivity contribution in [3.05, 3.63) is 65.5 Å². The Morgan fingerprint density at radius 1 is 1.26 bits per heavy atom. The van der Waals surface area contributed by atoms with Gasteiger partial charge < -0.3 is 29.3 Å². The maximum absolute atomic E-state index is 16.2. The number of amides is 1. The SMILES string of the molecule is C=C1NC(=O)C(Br)=CN1[C@H]1O[C@](F)(COP(=O)(NC(C)C(=O)OC(C)C)Oc2cccc3ccccc23)[C@@H](O)[C@@]1(C)F. The first-order valence-electron chi connectivity index (χ1n) is 12.9. The zero-order valence-corrected chi connectivity index (χ0v) is 25.7. The Hall–Kier alpha value is -2.87. The first-order chi connectivity index (χ1) is 19.6. The van der Waals surface area contributed by atoms with Crippen LogP contribution in [-0.2, 0) is 28.2 Å². The second-order valence-electron chi connectivity index (χ2n) is 10.3. The predicted molar refractivity (Wildman–Crippen MR) is 152 cm³/mol. The van der Waals surface area contributed by atoms with Crippen molar-refractivity contribution in [1.29, 1.82) is 0 Å². The minimum atomic E-state index is -4.66. The lowest BCUT2D eigenvalue weighted by molar-refractivity contribution is -0.206. The van der Waals surface area contributed by atoms with Gasteiger partial charge in [0.25, 0.3) is 11.8 Å². The molecule has 3 N–H and O–H groups in total. The summed E-state index contributed by atoms with van der Waals surface area (Å²) >= 11 is 3.01. The number of carbonyl (C=O) groups is 2. The zero-order chi connectivity index (χ0) is 31.0. The third-order valence-electron chi connectivity index (χ3n) is 6.48. The molecule has 2 aromatic rings. The van der Waals surface area contributed by atoms with Gasteiger partial charge in [-0.05, 0) is 55.1 Å². The first kappa shape index (κ1) is 32.1. The molecule has 1 fully saturated rings. The third-order valence-corrected chi connectivity index (χ3v) is 8.66. The molecule has 42 heavy (non-hydrogen) atoms. The van der Waals surface area contributed by atoms with E-state index in [4.69, 9.17) is 18.5 Å². The highest BCUT2D eigenvalue weighted by Crippen LogP contribution is 2.51. The molecular formula is C27H31BrF2N3O8P. The number of benzene rings is 2. The van der Waals surface area contributed by atoms with Crippen LogP contribution in [0, 0.1) is 0 Å². The molecule has 6 atom stereocenters. The quantitative estimate of drug-likeness (QED) is 0.244. The van der Waals surface area contributed by atoms with Gasteiger partial charge in [0.05, 0.1) is 10.6 Å². The summed E-state index contributed by atoms with van der Waals surface area (Å²) in [5.74, 6) is -4.69. The molecule has 0 aromatic heterocycles. The van der Waals surface area contributed by atoms with Crippen LogP contribution in [-0.4, -0.2) is 64.5 Å². The molecule has 0 saturated carbocycles. The monoisotopic (exact) mass is 673 g/mol. The van der Waals surface area contributed by atoms with E-state index >= 15 is 8.78 Å².